The van der Waals surface area contributed by atoms with Crippen LogP contribution in [0, 0.1) is 5.41 Å². The van der Waals surface area contributed by atoms with Gasteiger partial charge in [-0.2, -0.15) is 0 Å². The molecule has 1 unspecified atom stereocenters. The van der Waals surface area contributed by atoms with Gasteiger partial charge in [0.25, 0.3) is 0 Å². The molecule has 5 nitrogen and oxygen atoms in total. The summed E-state index contributed by atoms with van der Waals surface area (Å²) in [5.41, 5.74) is 5.35. The summed E-state index contributed by atoms with van der Waals surface area (Å²) in [5.74, 6) is -0.315. The van der Waals surface area contributed by atoms with E-state index in [1.165, 1.54) is 0 Å². The van der Waals surface area contributed by atoms with Crippen molar-refractivity contribution in [1.29, 1.82) is 0 Å². The number of carbonyl (C=O) groups excluding carboxylic acids is 1. The van der Waals surface area contributed by atoms with Gasteiger partial charge in [0.05, 0.1) is 18.8 Å². The van der Waals surface area contributed by atoms with E-state index in [2.05, 4.69) is 5.32 Å². The van der Waals surface area contributed by atoms with Crippen LogP contribution in [-0.2, 0) is 4.79 Å². The van der Waals surface area contributed by atoms with Crippen molar-refractivity contribution >= 4 is 5.91 Å². The molecule has 5 N–H and O–H groups in total. The monoisotopic (exact) mass is 204 g/mol. The second-order valence-corrected chi connectivity index (χ2v) is 4.43. The van der Waals surface area contributed by atoms with Gasteiger partial charge in [0.2, 0.25) is 5.91 Å². The molecule has 0 aliphatic rings. The van der Waals surface area contributed by atoms with Crippen molar-refractivity contribution in [3.8, 4) is 0 Å². The third-order valence-electron chi connectivity index (χ3n) is 1.94. The summed E-state index contributed by atoms with van der Waals surface area (Å²) in [6, 6.07) is -0.617. The number of aliphatic hydroxyl groups is 2. The van der Waals surface area contributed by atoms with Gasteiger partial charge >= 0.3 is 0 Å². The predicted octanol–water partition coefficient (Wildman–Crippen LogP) is -1.17. The van der Waals surface area contributed by atoms with E-state index in [0.29, 0.717) is 0 Å². The molecule has 5 heteroatoms. The molecule has 0 aliphatic heterocycles. The molecule has 0 radical (unpaired) electrons. The first-order valence-corrected chi connectivity index (χ1v) is 4.61. The lowest BCUT2D eigenvalue weighted by atomic mass is 9.87. The Morgan fingerprint density at radius 2 is 2.00 bits per heavy atom. The molecule has 0 aromatic rings. The lowest BCUT2D eigenvalue weighted by molar-refractivity contribution is -0.125. The van der Waals surface area contributed by atoms with Crippen LogP contribution in [-0.4, -0.2) is 41.4 Å². The van der Waals surface area contributed by atoms with Gasteiger partial charge in [-0.25, -0.2) is 0 Å². The Labute approximate surface area is 84.3 Å². The van der Waals surface area contributed by atoms with Crippen molar-refractivity contribution in [2.24, 2.45) is 11.1 Å². The highest BCUT2D eigenvalue weighted by atomic mass is 16.3. The lowest BCUT2D eigenvalue weighted by Gasteiger charge is -2.26. The lowest BCUT2D eigenvalue weighted by Crippen LogP contribution is -2.50. The van der Waals surface area contributed by atoms with Crippen LogP contribution in [0.4, 0.5) is 0 Å². The Morgan fingerprint density at radius 1 is 1.50 bits per heavy atom. The van der Waals surface area contributed by atoms with E-state index in [0.717, 1.165) is 0 Å². The Balaban J connectivity index is 3.97. The quantitative estimate of drug-likeness (QED) is 0.464. The number of rotatable bonds is 4. The molecule has 84 valence electrons. The second kappa shape index (κ2) is 5.29. The Hall–Kier alpha value is -0.650. The Morgan fingerprint density at radius 3 is 2.36 bits per heavy atom. The molecule has 0 saturated heterocycles. The average molecular weight is 204 g/mol. The van der Waals surface area contributed by atoms with Gasteiger partial charge in [0.1, 0.15) is 0 Å². The summed E-state index contributed by atoms with van der Waals surface area (Å²) in [6.45, 7) is 5.24. The highest BCUT2D eigenvalue weighted by Crippen LogP contribution is 2.16. The summed E-state index contributed by atoms with van der Waals surface area (Å²) in [7, 11) is 0. The maximum Gasteiger partial charge on any atom is 0.237 e. The number of hydrogen-bond donors (Lipinski definition) is 4. The van der Waals surface area contributed by atoms with E-state index >= 15 is 0 Å². The molecule has 0 bridgehead atoms. The first kappa shape index (κ1) is 13.4. The van der Waals surface area contributed by atoms with Crippen LogP contribution >= 0.6 is 0 Å². The number of carbonyl (C=O) groups is 1. The van der Waals surface area contributed by atoms with Crippen molar-refractivity contribution < 1.29 is 15.0 Å². The van der Waals surface area contributed by atoms with Gasteiger partial charge in [0, 0.05) is 6.54 Å². The fourth-order valence-electron chi connectivity index (χ4n) is 0.786. The maximum atomic E-state index is 11.4. The smallest absolute Gasteiger partial charge is 0.237 e. The zero-order chi connectivity index (χ0) is 11.4. The summed E-state index contributed by atoms with van der Waals surface area (Å²) in [5, 5.41) is 20.0. The first-order chi connectivity index (χ1) is 6.29. The maximum absolute atomic E-state index is 11.4. The molecule has 1 amide bonds. The highest BCUT2D eigenvalue weighted by Gasteiger charge is 2.27. The van der Waals surface area contributed by atoms with E-state index < -0.39 is 12.1 Å². The molecule has 0 aliphatic carbocycles. The molecule has 14 heavy (non-hydrogen) atoms. The van der Waals surface area contributed by atoms with Crippen molar-refractivity contribution in [2.45, 2.75) is 32.9 Å². The van der Waals surface area contributed by atoms with E-state index in [4.69, 9.17) is 15.9 Å². The predicted molar refractivity (Wildman–Crippen MR) is 53.5 cm³/mol. The summed E-state index contributed by atoms with van der Waals surface area (Å²) < 4.78 is 0. The van der Waals surface area contributed by atoms with Crippen molar-refractivity contribution in [1.82, 2.24) is 5.32 Å². The van der Waals surface area contributed by atoms with Gasteiger partial charge in [0.15, 0.2) is 0 Å². The fraction of sp³-hybridized carbons (Fsp3) is 0.889. The number of amides is 1. The number of aliphatic hydroxyl groups excluding tert-OH is 2. The second-order valence-electron chi connectivity index (χ2n) is 4.43. The zero-order valence-electron chi connectivity index (χ0n) is 8.95. The normalized spacial score (nSPS) is 16.1. The van der Waals surface area contributed by atoms with Gasteiger partial charge < -0.3 is 21.3 Å². The summed E-state index contributed by atoms with van der Waals surface area (Å²) >= 11 is 0. The molecule has 0 spiro atoms. The molecule has 0 aromatic carbocycles. The molecule has 2 atom stereocenters. The largest absolute Gasteiger partial charge is 0.394 e. The van der Waals surface area contributed by atoms with Crippen LogP contribution in [0.3, 0.4) is 0 Å². The zero-order valence-corrected chi connectivity index (χ0v) is 8.95. The Bertz CT molecular complexity index is 189. The van der Waals surface area contributed by atoms with E-state index in [-0.39, 0.29) is 24.5 Å². The number of nitrogens with one attached hydrogen (secondary N) is 1. The topological polar surface area (TPSA) is 95.6 Å². The molecule has 0 rings (SSSR count). The van der Waals surface area contributed by atoms with Gasteiger partial charge in [-0.3, -0.25) is 4.79 Å². The molecular formula is C9H20N2O3. The van der Waals surface area contributed by atoms with E-state index in [9.17, 15) is 4.79 Å². The molecule has 0 heterocycles. The summed E-state index contributed by atoms with van der Waals surface area (Å²) in [6.07, 6.45) is -0.925. The van der Waals surface area contributed by atoms with Crippen LogP contribution in [0.25, 0.3) is 0 Å². The SMILES string of the molecule is CC(C)(C)[C@H](N)C(=O)NCC(O)CO. The Kier molecular flexibility index (Phi) is 5.04. The van der Waals surface area contributed by atoms with Crippen LogP contribution in [0.15, 0.2) is 0 Å². The van der Waals surface area contributed by atoms with Crippen molar-refractivity contribution in [3.63, 3.8) is 0 Å². The number of nitrogens with two attached hydrogens (primary N) is 1. The van der Waals surface area contributed by atoms with Gasteiger partial charge in [-0.15, -0.1) is 0 Å². The van der Waals surface area contributed by atoms with Crippen LogP contribution < -0.4 is 11.1 Å². The van der Waals surface area contributed by atoms with Crippen molar-refractivity contribution in [3.05, 3.63) is 0 Å². The van der Waals surface area contributed by atoms with Crippen LogP contribution in [0.5, 0.6) is 0 Å². The van der Waals surface area contributed by atoms with Gasteiger partial charge in [-0.05, 0) is 5.41 Å². The van der Waals surface area contributed by atoms with Crippen LogP contribution in [0.2, 0.25) is 0 Å². The molecule has 0 aromatic heterocycles. The molecular weight excluding hydrogens is 184 g/mol. The fourth-order valence-corrected chi connectivity index (χ4v) is 0.786. The van der Waals surface area contributed by atoms with Crippen LogP contribution in [0.1, 0.15) is 20.8 Å². The third kappa shape index (κ3) is 4.55. The minimum Gasteiger partial charge on any atom is -0.394 e. The van der Waals surface area contributed by atoms with E-state index in [1.807, 2.05) is 20.8 Å². The molecule has 0 saturated carbocycles. The van der Waals surface area contributed by atoms with Gasteiger partial charge in [-0.1, -0.05) is 20.8 Å². The summed E-state index contributed by atoms with van der Waals surface area (Å²) in [4.78, 5) is 11.4. The standard InChI is InChI=1S/C9H20N2O3/c1-9(2,3)7(10)8(14)11-4-6(13)5-12/h6-7,12-13H,4-5,10H2,1-3H3,(H,11,14)/t6?,7-/m1/s1. The minimum atomic E-state index is -0.925. The minimum absolute atomic E-state index is 0.0269. The van der Waals surface area contributed by atoms with E-state index in [1.54, 1.807) is 0 Å². The number of hydrogen-bond acceptors (Lipinski definition) is 4. The molecule has 0 fully saturated rings. The highest BCUT2D eigenvalue weighted by molar-refractivity contribution is 5.82. The van der Waals surface area contributed by atoms with Crippen molar-refractivity contribution in [2.75, 3.05) is 13.2 Å². The first-order valence-electron chi connectivity index (χ1n) is 4.61. The third-order valence-corrected chi connectivity index (χ3v) is 1.94. The average Bonchev–Trinajstić information content (AvgIpc) is 2.10.